The van der Waals surface area contributed by atoms with Crippen molar-refractivity contribution in [1.82, 2.24) is 15.1 Å². The molecule has 3 rings (SSSR count). The Morgan fingerprint density at radius 2 is 1.73 bits per heavy atom. The maximum atomic E-state index is 12.9. The van der Waals surface area contributed by atoms with Crippen molar-refractivity contribution in [2.75, 3.05) is 7.11 Å². The summed E-state index contributed by atoms with van der Waals surface area (Å²) in [5.41, 5.74) is 1.32. The highest BCUT2D eigenvalue weighted by atomic mass is 16.5. The number of unbranched alkanes of at least 4 members (excludes halogenated alkanes) is 2. The summed E-state index contributed by atoms with van der Waals surface area (Å²) in [7, 11) is 1.33. The third kappa shape index (κ3) is 4.74. The number of fused-ring (bicyclic) bond motifs is 1. The topological polar surface area (TPSA) is 90.3 Å². The number of hydrogen-bond donors (Lipinski definition) is 1. The predicted molar refractivity (Wildman–Crippen MR) is 114 cm³/mol. The van der Waals surface area contributed by atoms with Crippen LogP contribution < -0.4 is 10.9 Å². The molecule has 30 heavy (non-hydrogen) atoms. The monoisotopic (exact) mass is 407 g/mol. The van der Waals surface area contributed by atoms with Gasteiger partial charge in [-0.25, -0.2) is 9.48 Å². The summed E-state index contributed by atoms with van der Waals surface area (Å²) in [5, 5.41) is 8.23. The van der Waals surface area contributed by atoms with Crippen LogP contribution in [0.3, 0.4) is 0 Å². The zero-order valence-corrected chi connectivity index (χ0v) is 17.2. The second-order valence-corrected chi connectivity index (χ2v) is 7.00. The summed E-state index contributed by atoms with van der Waals surface area (Å²) in [4.78, 5) is 37.1. The van der Waals surface area contributed by atoms with Gasteiger partial charge in [0.25, 0.3) is 11.5 Å². The number of ether oxygens (including phenoxy) is 1. The van der Waals surface area contributed by atoms with Crippen LogP contribution in [-0.2, 0) is 17.8 Å². The van der Waals surface area contributed by atoms with Crippen molar-refractivity contribution < 1.29 is 14.3 Å². The van der Waals surface area contributed by atoms with Gasteiger partial charge in [-0.2, -0.15) is 5.10 Å². The fraction of sp³-hybridized carbons (Fsp3) is 0.304. The SMILES string of the molecule is CCCCCn1nc(C(=O)NCc2ccc(C(=O)OC)cc2)c2ccccc2c1=O. The molecule has 0 unspecified atom stereocenters. The van der Waals surface area contributed by atoms with Crippen molar-refractivity contribution in [3.8, 4) is 0 Å². The minimum atomic E-state index is -0.411. The molecule has 0 fully saturated rings. The molecule has 0 saturated carbocycles. The van der Waals surface area contributed by atoms with Crippen molar-refractivity contribution in [1.29, 1.82) is 0 Å². The van der Waals surface area contributed by atoms with Crippen molar-refractivity contribution in [2.24, 2.45) is 0 Å². The lowest BCUT2D eigenvalue weighted by atomic mass is 10.1. The molecule has 7 nitrogen and oxygen atoms in total. The maximum absolute atomic E-state index is 12.9. The predicted octanol–water partition coefficient (Wildman–Crippen LogP) is 3.30. The Labute approximate surface area is 174 Å². The first-order chi connectivity index (χ1) is 14.5. The molecule has 3 aromatic rings. The number of nitrogens with one attached hydrogen (secondary N) is 1. The quantitative estimate of drug-likeness (QED) is 0.457. The number of aryl methyl sites for hydroxylation is 1. The van der Waals surface area contributed by atoms with E-state index >= 15 is 0 Å². The molecule has 0 spiro atoms. The number of aromatic nitrogens is 2. The van der Waals surface area contributed by atoms with Crippen LogP contribution in [0, 0.1) is 0 Å². The van der Waals surface area contributed by atoms with Crippen LogP contribution in [0.15, 0.2) is 53.3 Å². The van der Waals surface area contributed by atoms with E-state index < -0.39 is 5.97 Å². The van der Waals surface area contributed by atoms with Gasteiger partial charge < -0.3 is 10.1 Å². The normalized spacial score (nSPS) is 10.7. The van der Waals surface area contributed by atoms with Gasteiger partial charge in [0.05, 0.1) is 18.1 Å². The summed E-state index contributed by atoms with van der Waals surface area (Å²) in [6, 6.07) is 13.8. The third-order valence-electron chi connectivity index (χ3n) is 4.88. The maximum Gasteiger partial charge on any atom is 0.337 e. The highest BCUT2D eigenvalue weighted by Crippen LogP contribution is 2.14. The first kappa shape index (κ1) is 21.2. The molecular formula is C23H25N3O4. The van der Waals surface area contributed by atoms with Crippen molar-refractivity contribution in [3.63, 3.8) is 0 Å². The Morgan fingerprint density at radius 3 is 2.40 bits per heavy atom. The highest BCUT2D eigenvalue weighted by molar-refractivity contribution is 6.04. The second-order valence-electron chi connectivity index (χ2n) is 7.00. The first-order valence-electron chi connectivity index (χ1n) is 10.0. The highest BCUT2D eigenvalue weighted by Gasteiger charge is 2.16. The number of benzene rings is 2. The Kier molecular flexibility index (Phi) is 6.95. The summed E-state index contributed by atoms with van der Waals surface area (Å²) in [5.74, 6) is -0.765. The molecule has 156 valence electrons. The van der Waals surface area contributed by atoms with Gasteiger partial charge in [-0.3, -0.25) is 9.59 Å². The number of rotatable bonds is 8. The Balaban J connectivity index is 1.82. The average Bonchev–Trinajstić information content (AvgIpc) is 2.79. The molecule has 0 aliphatic heterocycles. The summed E-state index contributed by atoms with van der Waals surface area (Å²) >= 11 is 0. The van der Waals surface area contributed by atoms with Crippen LogP contribution >= 0.6 is 0 Å². The third-order valence-corrected chi connectivity index (χ3v) is 4.88. The van der Waals surface area contributed by atoms with Crippen LogP contribution in [0.1, 0.15) is 52.6 Å². The molecule has 0 radical (unpaired) electrons. The van der Waals surface area contributed by atoms with E-state index in [1.54, 1.807) is 48.5 Å². The van der Waals surface area contributed by atoms with Gasteiger partial charge in [0, 0.05) is 18.5 Å². The largest absolute Gasteiger partial charge is 0.465 e. The van der Waals surface area contributed by atoms with E-state index in [0.717, 1.165) is 24.8 Å². The van der Waals surface area contributed by atoms with Crippen LogP contribution in [0.5, 0.6) is 0 Å². The minimum absolute atomic E-state index is 0.184. The van der Waals surface area contributed by atoms with E-state index in [2.05, 4.69) is 22.1 Å². The van der Waals surface area contributed by atoms with E-state index in [0.29, 0.717) is 22.9 Å². The van der Waals surface area contributed by atoms with Crippen LogP contribution in [0.25, 0.3) is 10.8 Å². The molecule has 7 heteroatoms. The lowest BCUT2D eigenvalue weighted by Crippen LogP contribution is -2.30. The van der Waals surface area contributed by atoms with Gasteiger partial charge in [0.1, 0.15) is 0 Å². The molecule has 0 aliphatic carbocycles. The van der Waals surface area contributed by atoms with Gasteiger partial charge in [-0.1, -0.05) is 50.1 Å². The van der Waals surface area contributed by atoms with Crippen LogP contribution in [0.2, 0.25) is 0 Å². The molecule has 2 aromatic carbocycles. The molecule has 0 aliphatic rings. The van der Waals surface area contributed by atoms with E-state index in [-0.39, 0.29) is 23.7 Å². The Bertz CT molecular complexity index is 1100. The van der Waals surface area contributed by atoms with Crippen molar-refractivity contribution in [3.05, 3.63) is 75.7 Å². The first-order valence-corrected chi connectivity index (χ1v) is 10.0. The molecular weight excluding hydrogens is 382 g/mol. The van der Waals surface area contributed by atoms with Crippen molar-refractivity contribution in [2.45, 2.75) is 39.3 Å². The zero-order valence-electron chi connectivity index (χ0n) is 17.2. The molecule has 1 aromatic heterocycles. The van der Waals surface area contributed by atoms with Gasteiger partial charge >= 0.3 is 5.97 Å². The second kappa shape index (κ2) is 9.82. The lowest BCUT2D eigenvalue weighted by Gasteiger charge is -2.11. The average molecular weight is 407 g/mol. The summed E-state index contributed by atoms with van der Waals surface area (Å²) < 4.78 is 6.07. The van der Waals surface area contributed by atoms with Gasteiger partial charge in [0.15, 0.2) is 5.69 Å². The number of esters is 1. The summed E-state index contributed by atoms with van der Waals surface area (Å²) in [6.07, 6.45) is 2.85. The number of amides is 1. The van der Waals surface area contributed by atoms with Crippen LogP contribution in [0.4, 0.5) is 0 Å². The zero-order chi connectivity index (χ0) is 21.5. The fourth-order valence-electron chi connectivity index (χ4n) is 3.21. The number of nitrogens with zero attached hydrogens (tertiary/aromatic N) is 2. The molecule has 1 heterocycles. The van der Waals surface area contributed by atoms with E-state index in [1.807, 2.05) is 0 Å². The van der Waals surface area contributed by atoms with E-state index in [9.17, 15) is 14.4 Å². The smallest absolute Gasteiger partial charge is 0.337 e. The molecule has 1 N–H and O–H groups in total. The minimum Gasteiger partial charge on any atom is -0.465 e. The molecule has 1 amide bonds. The number of methoxy groups -OCH3 is 1. The molecule has 0 bridgehead atoms. The molecule has 0 atom stereocenters. The van der Waals surface area contributed by atoms with Crippen molar-refractivity contribution >= 4 is 22.6 Å². The van der Waals surface area contributed by atoms with E-state index in [1.165, 1.54) is 11.8 Å². The Morgan fingerprint density at radius 1 is 1.03 bits per heavy atom. The standard InChI is InChI=1S/C23H25N3O4/c1-3-4-7-14-26-22(28)19-9-6-5-8-18(19)20(25-26)21(27)24-15-16-10-12-17(13-11-16)23(29)30-2/h5-6,8-13H,3-4,7,14-15H2,1-2H3,(H,24,27). The lowest BCUT2D eigenvalue weighted by molar-refractivity contribution is 0.0600. The number of hydrogen-bond acceptors (Lipinski definition) is 5. The van der Waals surface area contributed by atoms with Gasteiger partial charge in [-0.05, 0) is 30.2 Å². The molecule has 0 saturated heterocycles. The number of carbonyl (C=O) groups is 2. The Hall–Kier alpha value is -3.48. The van der Waals surface area contributed by atoms with Gasteiger partial charge in [0.2, 0.25) is 0 Å². The van der Waals surface area contributed by atoms with E-state index in [4.69, 9.17) is 0 Å². The fourth-order valence-corrected chi connectivity index (χ4v) is 3.21. The number of carbonyl (C=O) groups excluding carboxylic acids is 2. The van der Waals surface area contributed by atoms with Crippen LogP contribution in [-0.4, -0.2) is 28.8 Å². The summed E-state index contributed by atoms with van der Waals surface area (Å²) in [6.45, 7) is 2.84. The van der Waals surface area contributed by atoms with Gasteiger partial charge in [-0.15, -0.1) is 0 Å².